The summed E-state index contributed by atoms with van der Waals surface area (Å²) in [5, 5.41) is 9.82. The highest BCUT2D eigenvalue weighted by atomic mass is 127. The first-order valence-corrected chi connectivity index (χ1v) is 11.6. The van der Waals surface area contributed by atoms with Crippen LogP contribution < -0.4 is 0 Å². The zero-order chi connectivity index (χ0) is 18.0. The van der Waals surface area contributed by atoms with E-state index >= 15 is 0 Å². The number of hydrogen-bond donors (Lipinski definition) is 1. The van der Waals surface area contributed by atoms with Crippen LogP contribution in [0.3, 0.4) is 0 Å². The Balaban J connectivity index is 1.65. The van der Waals surface area contributed by atoms with E-state index < -0.39 is 17.0 Å². The molecule has 4 fully saturated rings. The highest BCUT2D eigenvalue weighted by molar-refractivity contribution is 14.1. The van der Waals surface area contributed by atoms with Crippen LogP contribution in [0.15, 0.2) is 12.1 Å². The van der Waals surface area contributed by atoms with Crippen molar-refractivity contribution < 1.29 is 19.4 Å². The SMILES string of the molecule is O=C(OC12CC3CC(C1)CC(C(=O)O)(C3)C2)c1cc(I)cc(I)c1I. The number of halogens is 3. The molecule has 7 heteroatoms. The Morgan fingerprint density at radius 3 is 2.32 bits per heavy atom. The van der Waals surface area contributed by atoms with Gasteiger partial charge in [0.05, 0.1) is 11.0 Å². The Labute approximate surface area is 187 Å². The summed E-state index contributed by atoms with van der Waals surface area (Å²) in [4.78, 5) is 24.9. The van der Waals surface area contributed by atoms with Crippen LogP contribution in [0.4, 0.5) is 0 Å². The van der Waals surface area contributed by atoms with Crippen LogP contribution in [0.2, 0.25) is 0 Å². The average molecular weight is 678 g/mol. The molecule has 1 aromatic carbocycles. The molecule has 4 saturated carbocycles. The van der Waals surface area contributed by atoms with E-state index in [9.17, 15) is 14.7 Å². The van der Waals surface area contributed by atoms with Gasteiger partial charge in [0.25, 0.3) is 0 Å². The number of benzene rings is 1. The summed E-state index contributed by atoms with van der Waals surface area (Å²) in [6.07, 6.45) is 4.70. The summed E-state index contributed by atoms with van der Waals surface area (Å²) in [5.41, 5.74) is -0.677. The minimum atomic E-state index is -0.708. The maximum Gasteiger partial charge on any atom is 0.339 e. The van der Waals surface area contributed by atoms with E-state index in [1.807, 2.05) is 12.1 Å². The van der Waals surface area contributed by atoms with Gasteiger partial charge in [0.15, 0.2) is 0 Å². The van der Waals surface area contributed by atoms with Crippen LogP contribution in [-0.2, 0) is 9.53 Å². The predicted octanol–water partition coefficient (Wildman–Crippen LogP) is 5.08. The van der Waals surface area contributed by atoms with Crippen molar-refractivity contribution in [3.63, 3.8) is 0 Å². The fraction of sp³-hybridized carbons (Fsp3) is 0.556. The molecule has 4 aliphatic rings. The first kappa shape index (κ1) is 18.7. The molecule has 0 amide bonds. The Kier molecular flexibility index (Phi) is 4.83. The number of rotatable bonds is 3. The van der Waals surface area contributed by atoms with Gasteiger partial charge in [0, 0.05) is 17.1 Å². The highest BCUT2D eigenvalue weighted by Gasteiger charge is 2.62. The van der Waals surface area contributed by atoms with Crippen LogP contribution in [0.1, 0.15) is 48.9 Å². The van der Waals surface area contributed by atoms with Crippen molar-refractivity contribution >= 4 is 79.7 Å². The number of carbonyl (C=O) groups excluding carboxylic acids is 1. The minimum absolute atomic E-state index is 0.302. The lowest BCUT2D eigenvalue weighted by Crippen LogP contribution is -2.59. The summed E-state index contributed by atoms with van der Waals surface area (Å²) < 4.78 is 9.03. The lowest BCUT2D eigenvalue weighted by Gasteiger charge is -2.59. The van der Waals surface area contributed by atoms with Crippen molar-refractivity contribution in [2.45, 2.75) is 44.1 Å². The summed E-state index contributed by atoms with van der Waals surface area (Å²) in [6.45, 7) is 0. The molecule has 2 unspecified atom stereocenters. The molecule has 0 spiro atoms. The van der Waals surface area contributed by atoms with E-state index in [1.54, 1.807) is 0 Å². The van der Waals surface area contributed by atoms with Crippen LogP contribution in [0.25, 0.3) is 0 Å². The molecule has 25 heavy (non-hydrogen) atoms. The van der Waals surface area contributed by atoms with Gasteiger partial charge in [0.2, 0.25) is 0 Å². The number of carboxylic acids is 1. The fourth-order valence-electron chi connectivity index (χ4n) is 5.50. The summed E-state index contributed by atoms with van der Waals surface area (Å²) in [6, 6.07) is 3.89. The highest BCUT2D eigenvalue weighted by Crippen LogP contribution is 2.63. The van der Waals surface area contributed by atoms with Crippen molar-refractivity contribution in [2.24, 2.45) is 17.3 Å². The lowest BCUT2D eigenvalue weighted by molar-refractivity contribution is -0.192. The second-order valence-electron chi connectivity index (χ2n) is 7.87. The molecule has 0 aromatic heterocycles. The molecule has 1 N–H and O–H groups in total. The van der Waals surface area contributed by atoms with Crippen LogP contribution in [0.5, 0.6) is 0 Å². The van der Waals surface area contributed by atoms with Gasteiger partial charge in [0.1, 0.15) is 5.60 Å². The molecule has 4 nitrogen and oxygen atoms in total. The molecule has 0 radical (unpaired) electrons. The quantitative estimate of drug-likeness (QED) is 0.276. The monoisotopic (exact) mass is 678 g/mol. The van der Waals surface area contributed by atoms with Gasteiger partial charge in [-0.25, -0.2) is 4.79 Å². The molecule has 0 aliphatic heterocycles. The number of ether oxygens (including phenoxy) is 1. The third-order valence-corrected chi connectivity index (χ3v) is 9.65. The number of aliphatic carboxylic acids is 1. The van der Waals surface area contributed by atoms with E-state index in [0.717, 1.165) is 42.8 Å². The van der Waals surface area contributed by atoms with Crippen molar-refractivity contribution in [3.05, 3.63) is 28.4 Å². The van der Waals surface area contributed by atoms with Crippen LogP contribution >= 0.6 is 67.8 Å². The minimum Gasteiger partial charge on any atom is -0.481 e. The van der Waals surface area contributed by atoms with Crippen molar-refractivity contribution in [1.29, 1.82) is 0 Å². The van der Waals surface area contributed by atoms with E-state index in [0.29, 0.717) is 23.8 Å². The summed E-state index contributed by atoms with van der Waals surface area (Å²) in [5.74, 6) is -0.260. The lowest BCUT2D eigenvalue weighted by atomic mass is 9.48. The first-order valence-electron chi connectivity index (χ1n) is 8.33. The number of esters is 1. The van der Waals surface area contributed by atoms with E-state index in [-0.39, 0.29) is 5.97 Å². The third kappa shape index (κ3) is 3.23. The topological polar surface area (TPSA) is 63.6 Å². The Hall–Kier alpha value is 0.350. The van der Waals surface area contributed by atoms with Crippen LogP contribution in [0, 0.1) is 28.0 Å². The summed E-state index contributed by atoms with van der Waals surface area (Å²) in [7, 11) is 0. The number of carbonyl (C=O) groups is 2. The maximum atomic E-state index is 12.9. The molecule has 134 valence electrons. The molecule has 4 bridgehead atoms. The van der Waals surface area contributed by atoms with E-state index in [1.165, 1.54) is 0 Å². The van der Waals surface area contributed by atoms with Crippen molar-refractivity contribution in [2.75, 3.05) is 0 Å². The van der Waals surface area contributed by atoms with Crippen LogP contribution in [-0.4, -0.2) is 22.6 Å². The van der Waals surface area contributed by atoms with Gasteiger partial charge in [-0.05, 0) is 124 Å². The van der Waals surface area contributed by atoms with E-state index in [2.05, 4.69) is 67.8 Å². The predicted molar refractivity (Wildman–Crippen MR) is 117 cm³/mol. The molecule has 0 saturated heterocycles. The third-order valence-electron chi connectivity index (χ3n) is 5.98. The normalized spacial score (nSPS) is 35.6. The second-order valence-corrected chi connectivity index (χ2v) is 11.4. The first-order chi connectivity index (χ1) is 11.7. The van der Waals surface area contributed by atoms with Crippen molar-refractivity contribution in [3.8, 4) is 0 Å². The van der Waals surface area contributed by atoms with Gasteiger partial charge in [-0.1, -0.05) is 0 Å². The second kappa shape index (κ2) is 6.46. The van der Waals surface area contributed by atoms with Gasteiger partial charge >= 0.3 is 11.9 Å². The molecule has 1 aromatic rings. The zero-order valence-electron chi connectivity index (χ0n) is 13.4. The smallest absolute Gasteiger partial charge is 0.339 e. The van der Waals surface area contributed by atoms with E-state index in [4.69, 9.17) is 4.74 Å². The Morgan fingerprint density at radius 1 is 1.08 bits per heavy atom. The molecule has 4 aliphatic carbocycles. The summed E-state index contributed by atoms with van der Waals surface area (Å²) >= 11 is 6.62. The molecule has 5 rings (SSSR count). The van der Waals surface area contributed by atoms with Gasteiger partial charge in [-0.3, -0.25) is 4.79 Å². The van der Waals surface area contributed by atoms with Crippen molar-refractivity contribution in [1.82, 2.24) is 0 Å². The molecular formula is C18H17I3O4. The Morgan fingerprint density at radius 2 is 1.72 bits per heavy atom. The molecule has 0 heterocycles. The van der Waals surface area contributed by atoms with Gasteiger partial charge in [-0.2, -0.15) is 0 Å². The Bertz CT molecular complexity index is 762. The van der Waals surface area contributed by atoms with Gasteiger partial charge < -0.3 is 9.84 Å². The maximum absolute atomic E-state index is 12.9. The fourth-order valence-corrected chi connectivity index (χ4v) is 7.88. The number of carboxylic acid groups (broad SMARTS) is 1. The average Bonchev–Trinajstić information content (AvgIpc) is 2.48. The molecular weight excluding hydrogens is 661 g/mol. The molecule has 2 atom stereocenters. The van der Waals surface area contributed by atoms with Gasteiger partial charge in [-0.15, -0.1) is 0 Å². The number of hydrogen-bond acceptors (Lipinski definition) is 3. The zero-order valence-corrected chi connectivity index (χ0v) is 19.8. The standard InChI is InChI=1S/C18H17I3O4/c19-11-2-12(14(21)13(20)3-11)15(22)25-18-6-9-1-10(7-18)5-17(4-9,8-18)16(23)24/h2-3,9-10H,1,4-8H2,(H,23,24). The largest absolute Gasteiger partial charge is 0.481 e.